The normalized spacial score (nSPS) is 11.4. The summed E-state index contributed by atoms with van der Waals surface area (Å²) in [6.45, 7) is 2.10. The van der Waals surface area contributed by atoms with E-state index in [0.717, 1.165) is 5.56 Å². The zero-order chi connectivity index (χ0) is 11.3. The third-order valence-corrected chi connectivity index (χ3v) is 1.99. The van der Waals surface area contributed by atoms with Crippen LogP contribution < -0.4 is 5.73 Å². The van der Waals surface area contributed by atoms with Crippen molar-refractivity contribution in [2.45, 2.75) is 19.4 Å². The Bertz CT molecular complexity index is 344. The molecule has 0 unspecified atom stereocenters. The predicted molar refractivity (Wildman–Crippen MR) is 63.5 cm³/mol. The van der Waals surface area contributed by atoms with Crippen molar-refractivity contribution in [3.63, 3.8) is 0 Å². The molecule has 1 rings (SSSR count). The van der Waals surface area contributed by atoms with E-state index in [1.54, 1.807) is 31.2 Å². The first-order chi connectivity index (χ1) is 7.13. The van der Waals surface area contributed by atoms with Crippen LogP contribution in [0.25, 0.3) is 0 Å². The Morgan fingerprint density at radius 1 is 1.56 bits per heavy atom. The Labute approximate surface area is 101 Å². The third kappa shape index (κ3) is 4.51. The van der Waals surface area contributed by atoms with E-state index in [1.807, 2.05) is 0 Å². The van der Waals surface area contributed by atoms with Crippen molar-refractivity contribution < 1.29 is 14.6 Å². The maximum absolute atomic E-state index is 11.1. The van der Waals surface area contributed by atoms with E-state index >= 15 is 0 Å². The molecule has 0 heterocycles. The summed E-state index contributed by atoms with van der Waals surface area (Å²) < 4.78 is 4.78. The largest absolute Gasteiger partial charge is 0.508 e. The molecule has 0 saturated carbocycles. The Morgan fingerprint density at radius 2 is 2.25 bits per heavy atom. The number of esters is 1. The Kier molecular flexibility index (Phi) is 6.53. The van der Waals surface area contributed by atoms with Crippen molar-refractivity contribution in [1.29, 1.82) is 0 Å². The highest BCUT2D eigenvalue weighted by atomic mass is 35.5. The molecule has 0 radical (unpaired) electrons. The van der Waals surface area contributed by atoms with Crippen LogP contribution in [0.3, 0.4) is 0 Å². The molecule has 0 aliphatic rings. The molecule has 0 fully saturated rings. The van der Waals surface area contributed by atoms with Gasteiger partial charge in [0.05, 0.1) is 13.0 Å². The summed E-state index contributed by atoms with van der Waals surface area (Å²) in [7, 11) is 0. The monoisotopic (exact) mass is 245 g/mol. The van der Waals surface area contributed by atoms with Crippen molar-refractivity contribution in [2.24, 2.45) is 5.73 Å². The van der Waals surface area contributed by atoms with Gasteiger partial charge in [0.15, 0.2) is 0 Å². The number of benzene rings is 1. The predicted octanol–water partition coefficient (Wildman–Crippen LogP) is 1.77. The maximum Gasteiger partial charge on any atom is 0.307 e. The number of ether oxygens (including phenoxy) is 1. The molecule has 0 aliphatic heterocycles. The first-order valence-corrected chi connectivity index (χ1v) is 4.83. The number of aromatic hydroxyl groups is 1. The lowest BCUT2D eigenvalue weighted by Gasteiger charge is -2.11. The second-order valence-electron chi connectivity index (χ2n) is 3.21. The highest BCUT2D eigenvalue weighted by Crippen LogP contribution is 2.19. The number of rotatable bonds is 4. The van der Waals surface area contributed by atoms with Crippen LogP contribution in [-0.4, -0.2) is 17.7 Å². The van der Waals surface area contributed by atoms with Crippen molar-refractivity contribution in [2.75, 3.05) is 6.61 Å². The summed E-state index contributed by atoms with van der Waals surface area (Å²) in [5.74, 6) is -0.180. The maximum atomic E-state index is 11.1. The van der Waals surface area contributed by atoms with E-state index in [-0.39, 0.29) is 30.5 Å². The molecule has 0 saturated heterocycles. The van der Waals surface area contributed by atoms with Gasteiger partial charge in [-0.05, 0) is 24.6 Å². The summed E-state index contributed by atoms with van der Waals surface area (Å²) in [6, 6.07) is 6.13. The summed E-state index contributed by atoms with van der Waals surface area (Å²) in [5, 5.41) is 9.23. The van der Waals surface area contributed by atoms with Gasteiger partial charge in [0.2, 0.25) is 0 Å². The average Bonchev–Trinajstić information content (AvgIpc) is 2.18. The molecule has 90 valence electrons. The van der Waals surface area contributed by atoms with Gasteiger partial charge in [0.25, 0.3) is 0 Å². The minimum atomic E-state index is -0.434. The minimum Gasteiger partial charge on any atom is -0.508 e. The fourth-order valence-corrected chi connectivity index (χ4v) is 1.27. The lowest BCUT2D eigenvalue weighted by Crippen LogP contribution is -2.17. The number of phenols is 1. The van der Waals surface area contributed by atoms with Crippen LogP contribution in [0.1, 0.15) is 24.9 Å². The van der Waals surface area contributed by atoms with E-state index in [2.05, 4.69) is 0 Å². The van der Waals surface area contributed by atoms with Gasteiger partial charge < -0.3 is 15.6 Å². The van der Waals surface area contributed by atoms with Crippen LogP contribution in [0.15, 0.2) is 24.3 Å². The number of halogens is 1. The molecule has 0 aromatic heterocycles. The lowest BCUT2D eigenvalue weighted by molar-refractivity contribution is -0.143. The number of phenolic OH excluding ortho intramolecular Hbond substituents is 1. The summed E-state index contributed by atoms with van der Waals surface area (Å²) in [6.07, 6.45) is 0.122. The second kappa shape index (κ2) is 7.09. The van der Waals surface area contributed by atoms with Crippen molar-refractivity contribution in [1.82, 2.24) is 0 Å². The Hall–Kier alpha value is -1.26. The molecule has 0 bridgehead atoms. The van der Waals surface area contributed by atoms with Crippen LogP contribution in [0.5, 0.6) is 5.75 Å². The van der Waals surface area contributed by atoms with Gasteiger partial charge >= 0.3 is 5.97 Å². The van der Waals surface area contributed by atoms with Gasteiger partial charge in [-0.3, -0.25) is 4.79 Å². The molecule has 1 aromatic rings. The minimum absolute atomic E-state index is 0. The molecule has 16 heavy (non-hydrogen) atoms. The Morgan fingerprint density at radius 3 is 2.81 bits per heavy atom. The fraction of sp³-hybridized carbons (Fsp3) is 0.364. The van der Waals surface area contributed by atoms with Gasteiger partial charge in [0, 0.05) is 6.04 Å². The first-order valence-electron chi connectivity index (χ1n) is 4.83. The van der Waals surface area contributed by atoms with E-state index in [9.17, 15) is 9.90 Å². The van der Waals surface area contributed by atoms with E-state index in [0.29, 0.717) is 6.61 Å². The molecule has 3 N–H and O–H groups in total. The molecule has 5 heteroatoms. The lowest BCUT2D eigenvalue weighted by atomic mass is 10.0. The topological polar surface area (TPSA) is 72.5 Å². The van der Waals surface area contributed by atoms with Gasteiger partial charge in [-0.2, -0.15) is 0 Å². The van der Waals surface area contributed by atoms with Crippen LogP contribution in [0.4, 0.5) is 0 Å². The summed E-state index contributed by atoms with van der Waals surface area (Å²) >= 11 is 0. The van der Waals surface area contributed by atoms with E-state index < -0.39 is 6.04 Å². The molecule has 4 nitrogen and oxygen atoms in total. The molecular formula is C11H16ClNO3. The molecule has 0 aliphatic carbocycles. The van der Waals surface area contributed by atoms with Gasteiger partial charge in [-0.15, -0.1) is 12.4 Å². The highest BCUT2D eigenvalue weighted by molar-refractivity contribution is 5.85. The number of hydrogen-bond donors (Lipinski definition) is 2. The highest BCUT2D eigenvalue weighted by Gasteiger charge is 2.12. The standard InChI is InChI=1S/C11H15NO3.ClH/c1-2-15-11(14)7-10(12)8-4-3-5-9(13)6-8;/h3-6,10,13H,2,7,12H2,1H3;1H/t10-;/m1./s1. The number of carbonyl (C=O) groups excluding carboxylic acids is 1. The molecule has 0 amide bonds. The summed E-state index contributed by atoms with van der Waals surface area (Å²) in [5.41, 5.74) is 6.51. The van der Waals surface area contributed by atoms with Crippen LogP contribution >= 0.6 is 12.4 Å². The van der Waals surface area contributed by atoms with Crippen LogP contribution in [0, 0.1) is 0 Å². The SMILES string of the molecule is CCOC(=O)C[C@@H](N)c1cccc(O)c1.Cl. The van der Waals surface area contributed by atoms with E-state index in [1.165, 1.54) is 0 Å². The molecular weight excluding hydrogens is 230 g/mol. The van der Waals surface area contributed by atoms with Crippen molar-refractivity contribution >= 4 is 18.4 Å². The van der Waals surface area contributed by atoms with Crippen LogP contribution in [0.2, 0.25) is 0 Å². The fourth-order valence-electron chi connectivity index (χ4n) is 1.27. The molecule has 1 atom stereocenters. The van der Waals surface area contributed by atoms with Crippen LogP contribution in [-0.2, 0) is 9.53 Å². The zero-order valence-electron chi connectivity index (χ0n) is 9.05. The van der Waals surface area contributed by atoms with Crippen molar-refractivity contribution in [3.05, 3.63) is 29.8 Å². The number of hydrogen-bond acceptors (Lipinski definition) is 4. The molecule has 0 spiro atoms. The quantitative estimate of drug-likeness (QED) is 0.793. The third-order valence-electron chi connectivity index (χ3n) is 1.99. The van der Waals surface area contributed by atoms with Gasteiger partial charge in [-0.1, -0.05) is 12.1 Å². The Balaban J connectivity index is 0.00000225. The second-order valence-corrected chi connectivity index (χ2v) is 3.21. The zero-order valence-corrected chi connectivity index (χ0v) is 9.87. The van der Waals surface area contributed by atoms with E-state index in [4.69, 9.17) is 10.5 Å². The first kappa shape index (κ1) is 14.7. The smallest absolute Gasteiger partial charge is 0.307 e. The van der Waals surface area contributed by atoms with Crippen molar-refractivity contribution in [3.8, 4) is 5.75 Å². The number of nitrogens with two attached hydrogens (primary N) is 1. The van der Waals surface area contributed by atoms with Gasteiger partial charge in [0.1, 0.15) is 5.75 Å². The summed E-state index contributed by atoms with van der Waals surface area (Å²) in [4.78, 5) is 11.1. The average molecular weight is 246 g/mol. The molecule has 1 aromatic carbocycles. The number of carbonyl (C=O) groups is 1. The van der Waals surface area contributed by atoms with Gasteiger partial charge in [-0.25, -0.2) is 0 Å².